The molecule has 0 unspecified atom stereocenters. The maximum atomic E-state index is 13.9. The molecule has 5 aromatic rings. The molecule has 0 bridgehead atoms. The highest BCUT2D eigenvalue weighted by Gasteiger charge is 2.26. The van der Waals surface area contributed by atoms with E-state index in [0.29, 0.717) is 47.6 Å². The van der Waals surface area contributed by atoms with Gasteiger partial charge in [0.2, 0.25) is 0 Å². The van der Waals surface area contributed by atoms with Crippen LogP contribution in [0.25, 0.3) is 21.1 Å². The van der Waals surface area contributed by atoms with Crippen molar-refractivity contribution < 1.29 is 14.3 Å². The minimum atomic E-state index is -0.133. The van der Waals surface area contributed by atoms with E-state index in [1.165, 1.54) is 0 Å². The third-order valence-electron chi connectivity index (χ3n) is 8.29. The fourth-order valence-electron chi connectivity index (χ4n) is 5.99. The van der Waals surface area contributed by atoms with Gasteiger partial charge in [0.1, 0.15) is 28.1 Å². The molecule has 2 aromatic carbocycles. The highest BCUT2D eigenvalue weighted by molar-refractivity contribution is 7.18. The molecule has 0 radical (unpaired) electrons. The van der Waals surface area contributed by atoms with Crippen LogP contribution in [0.5, 0.6) is 5.75 Å². The van der Waals surface area contributed by atoms with E-state index in [4.69, 9.17) is 9.72 Å². The van der Waals surface area contributed by atoms with Gasteiger partial charge in [0.25, 0.3) is 11.8 Å². The zero-order chi connectivity index (χ0) is 29.9. The summed E-state index contributed by atoms with van der Waals surface area (Å²) < 4.78 is 7.28. The predicted octanol–water partition coefficient (Wildman–Crippen LogP) is 5.85. The molecule has 0 atom stereocenters. The van der Waals surface area contributed by atoms with E-state index in [0.717, 1.165) is 78.6 Å². The number of hydrogen-bond acceptors (Lipinski definition) is 9. The number of amides is 2. The Balaban J connectivity index is 1.14. The number of fused-ring (bicyclic) bond motifs is 2. The summed E-state index contributed by atoms with van der Waals surface area (Å²) in [7, 11) is 0. The zero-order valence-electron chi connectivity index (χ0n) is 24.5. The minimum absolute atomic E-state index is 0.0556. The molecule has 2 saturated heterocycles. The fraction of sp³-hybridized carbons (Fsp3) is 0.364. The minimum Gasteiger partial charge on any atom is -0.486 e. The molecular formula is C33H34N6O3S2. The number of rotatable bonds is 7. The number of benzene rings is 2. The van der Waals surface area contributed by atoms with Crippen molar-refractivity contribution in [1.82, 2.24) is 29.7 Å². The summed E-state index contributed by atoms with van der Waals surface area (Å²) in [4.78, 5) is 47.8. The van der Waals surface area contributed by atoms with E-state index in [1.54, 1.807) is 28.7 Å². The van der Waals surface area contributed by atoms with Crippen molar-refractivity contribution in [3.8, 4) is 5.75 Å². The molecule has 5 heterocycles. The standard InChI is InChI=1S/C33H34N6O3S2/c40-32(38-13-4-1-5-14-38)25-20-28(33(41)39-15-6-12-37(16-17-39)21-30-34-11-18-43-30)35-26-10-9-23(19-24(25)26)42-22-31-36-27-7-2-3-8-29(27)44-31/h2-3,7-11,18-20H,1,4-6,12-17,21-22H2. The predicted molar refractivity (Wildman–Crippen MR) is 173 cm³/mol. The Kier molecular flexibility index (Phi) is 8.50. The van der Waals surface area contributed by atoms with E-state index in [1.807, 2.05) is 57.8 Å². The second-order valence-electron chi connectivity index (χ2n) is 11.3. The number of carbonyl (C=O) groups excluding carboxylic acids is 2. The van der Waals surface area contributed by atoms with Crippen LogP contribution in [0.15, 0.2) is 60.1 Å². The SMILES string of the molecule is O=C(c1cc(C(=O)N2CCCCC2)c2cc(OCc3nc4ccccc4s3)ccc2n1)N1CCCN(Cc2nccs2)CC1. The number of likely N-dealkylation sites (tertiary alicyclic amines) is 1. The van der Waals surface area contributed by atoms with Crippen LogP contribution in [0, 0.1) is 0 Å². The van der Waals surface area contributed by atoms with Gasteiger partial charge in [-0.15, -0.1) is 22.7 Å². The Bertz CT molecular complexity index is 1750. The summed E-state index contributed by atoms with van der Waals surface area (Å²) in [5.41, 5.74) is 2.39. The average Bonchev–Trinajstić information content (AvgIpc) is 3.67. The number of ether oxygens (including phenoxy) is 1. The van der Waals surface area contributed by atoms with Gasteiger partial charge in [-0.2, -0.15) is 0 Å². The number of piperidine rings is 1. The molecule has 3 aromatic heterocycles. The second kappa shape index (κ2) is 13.0. The quantitative estimate of drug-likeness (QED) is 0.224. The van der Waals surface area contributed by atoms with Crippen molar-refractivity contribution in [2.75, 3.05) is 39.3 Å². The average molecular weight is 627 g/mol. The highest BCUT2D eigenvalue weighted by Crippen LogP contribution is 2.28. The summed E-state index contributed by atoms with van der Waals surface area (Å²) in [5, 5.41) is 4.67. The molecular weight excluding hydrogens is 593 g/mol. The van der Waals surface area contributed by atoms with Crippen LogP contribution in [-0.4, -0.2) is 80.7 Å². The molecule has 9 nitrogen and oxygen atoms in total. The van der Waals surface area contributed by atoms with Gasteiger partial charge in [-0.3, -0.25) is 14.5 Å². The van der Waals surface area contributed by atoms with Crippen LogP contribution >= 0.6 is 22.7 Å². The number of hydrogen-bond donors (Lipinski definition) is 0. The number of aromatic nitrogens is 3. The summed E-state index contributed by atoms with van der Waals surface area (Å²) >= 11 is 3.27. The summed E-state index contributed by atoms with van der Waals surface area (Å²) in [6.07, 6.45) is 5.81. The molecule has 11 heteroatoms. The van der Waals surface area contributed by atoms with Crippen LogP contribution < -0.4 is 4.74 Å². The van der Waals surface area contributed by atoms with Gasteiger partial charge in [0.15, 0.2) is 0 Å². The fourth-order valence-corrected chi connectivity index (χ4v) is 7.53. The maximum Gasteiger partial charge on any atom is 0.272 e. The van der Waals surface area contributed by atoms with E-state index in [9.17, 15) is 9.59 Å². The molecule has 7 rings (SSSR count). The van der Waals surface area contributed by atoms with Crippen molar-refractivity contribution in [3.05, 3.63) is 81.4 Å². The molecule has 2 amide bonds. The van der Waals surface area contributed by atoms with Gasteiger partial charge >= 0.3 is 0 Å². The second-order valence-corrected chi connectivity index (χ2v) is 13.4. The number of carbonyl (C=O) groups is 2. The normalized spacial score (nSPS) is 16.4. The highest BCUT2D eigenvalue weighted by atomic mass is 32.1. The van der Waals surface area contributed by atoms with E-state index < -0.39 is 0 Å². The lowest BCUT2D eigenvalue weighted by Gasteiger charge is -2.27. The van der Waals surface area contributed by atoms with Gasteiger partial charge in [0.05, 0.1) is 27.8 Å². The Morgan fingerprint density at radius 3 is 2.48 bits per heavy atom. The van der Waals surface area contributed by atoms with Crippen LogP contribution in [0.2, 0.25) is 0 Å². The Morgan fingerprint density at radius 2 is 1.64 bits per heavy atom. The number of thiazole rings is 2. The lowest BCUT2D eigenvalue weighted by atomic mass is 10.0. The summed E-state index contributed by atoms with van der Waals surface area (Å²) in [6.45, 7) is 5.52. The first-order valence-corrected chi connectivity index (χ1v) is 16.9. The van der Waals surface area contributed by atoms with E-state index in [2.05, 4.69) is 20.9 Å². The van der Waals surface area contributed by atoms with Crippen LogP contribution in [-0.2, 0) is 13.2 Å². The first kappa shape index (κ1) is 28.8. The monoisotopic (exact) mass is 626 g/mol. The van der Waals surface area contributed by atoms with Crippen molar-refractivity contribution in [3.63, 3.8) is 0 Å². The third-order valence-corrected chi connectivity index (χ3v) is 10.1. The number of nitrogens with zero attached hydrogens (tertiary/aromatic N) is 6. The Hall–Kier alpha value is -3.93. The van der Waals surface area contributed by atoms with E-state index >= 15 is 0 Å². The third kappa shape index (κ3) is 6.31. The first-order valence-electron chi connectivity index (χ1n) is 15.2. The molecule has 0 aliphatic carbocycles. The zero-order valence-corrected chi connectivity index (χ0v) is 26.1. The molecule has 226 valence electrons. The van der Waals surface area contributed by atoms with Gasteiger partial charge in [-0.1, -0.05) is 12.1 Å². The van der Waals surface area contributed by atoms with Gasteiger partial charge < -0.3 is 14.5 Å². The summed E-state index contributed by atoms with van der Waals surface area (Å²) in [6, 6.07) is 15.3. The topological polar surface area (TPSA) is 91.8 Å². The molecule has 0 spiro atoms. The van der Waals surface area contributed by atoms with Gasteiger partial charge in [-0.05, 0) is 62.1 Å². The van der Waals surface area contributed by atoms with E-state index in [-0.39, 0.29) is 11.8 Å². The molecule has 44 heavy (non-hydrogen) atoms. The van der Waals surface area contributed by atoms with Crippen molar-refractivity contribution in [1.29, 1.82) is 0 Å². The first-order chi connectivity index (χ1) is 21.6. The lowest BCUT2D eigenvalue weighted by Crippen LogP contribution is -2.37. The van der Waals surface area contributed by atoms with Crippen LogP contribution in [0.3, 0.4) is 0 Å². The van der Waals surface area contributed by atoms with Gasteiger partial charge in [-0.25, -0.2) is 15.0 Å². The molecule has 0 saturated carbocycles. The lowest BCUT2D eigenvalue weighted by molar-refractivity contribution is 0.0726. The number of pyridine rings is 1. The molecule has 0 N–H and O–H groups in total. The van der Waals surface area contributed by atoms with Crippen LogP contribution in [0.1, 0.15) is 56.5 Å². The largest absolute Gasteiger partial charge is 0.486 e. The van der Waals surface area contributed by atoms with Crippen LogP contribution in [0.4, 0.5) is 0 Å². The van der Waals surface area contributed by atoms with Gasteiger partial charge in [0, 0.05) is 56.2 Å². The van der Waals surface area contributed by atoms with Crippen molar-refractivity contribution >= 4 is 55.6 Å². The Morgan fingerprint density at radius 1 is 0.795 bits per heavy atom. The number of para-hydroxylation sites is 1. The summed E-state index contributed by atoms with van der Waals surface area (Å²) in [5.74, 6) is 0.449. The molecule has 2 fully saturated rings. The van der Waals surface area contributed by atoms with Crippen molar-refractivity contribution in [2.24, 2.45) is 0 Å². The Labute approximate surface area is 264 Å². The molecule has 2 aliphatic rings. The molecule has 2 aliphatic heterocycles. The van der Waals surface area contributed by atoms with Crippen molar-refractivity contribution in [2.45, 2.75) is 38.8 Å². The smallest absolute Gasteiger partial charge is 0.272 e. The maximum absolute atomic E-state index is 13.9.